The number of hydrogen-bond donors (Lipinski definition) is 1. The maximum absolute atomic E-state index is 5.66. The van der Waals surface area contributed by atoms with Gasteiger partial charge in [0.05, 0.1) is 30.6 Å². The van der Waals surface area contributed by atoms with Gasteiger partial charge in [0.25, 0.3) is 0 Å². The van der Waals surface area contributed by atoms with Gasteiger partial charge in [-0.2, -0.15) is 0 Å². The fourth-order valence-corrected chi connectivity index (χ4v) is 3.74. The van der Waals surface area contributed by atoms with Gasteiger partial charge in [-0.05, 0) is 62.0 Å². The summed E-state index contributed by atoms with van der Waals surface area (Å²) in [5.74, 6) is 0.893. The van der Waals surface area contributed by atoms with Crippen molar-refractivity contribution >= 4 is 17.3 Å². The number of thiocarbonyl (C=S) groups is 1. The van der Waals surface area contributed by atoms with Crippen LogP contribution in [0.3, 0.4) is 0 Å². The normalized spacial score (nSPS) is 20.0. The van der Waals surface area contributed by atoms with Gasteiger partial charge in [0.1, 0.15) is 5.76 Å². The highest BCUT2D eigenvalue weighted by molar-refractivity contribution is 7.80. The molecule has 6 heteroatoms. The maximum Gasteiger partial charge on any atom is 0.170 e. The lowest BCUT2D eigenvalue weighted by atomic mass is 9.99. The zero-order valence-corrected chi connectivity index (χ0v) is 15.7. The van der Waals surface area contributed by atoms with E-state index in [2.05, 4.69) is 52.1 Å². The Balaban J connectivity index is 1.73. The van der Waals surface area contributed by atoms with E-state index in [4.69, 9.17) is 16.6 Å². The summed E-state index contributed by atoms with van der Waals surface area (Å²) >= 11 is 5.66. The molecule has 3 aromatic heterocycles. The Kier molecular flexibility index (Phi) is 4.51. The zero-order valence-electron chi connectivity index (χ0n) is 14.9. The molecule has 0 bridgehead atoms. The second-order valence-corrected chi connectivity index (χ2v) is 7.21. The third-order valence-corrected chi connectivity index (χ3v) is 5.13. The molecule has 0 spiro atoms. The van der Waals surface area contributed by atoms with Crippen molar-refractivity contribution in [2.24, 2.45) is 0 Å². The number of hydrogen-bond acceptors (Lipinski definition) is 3. The fraction of sp³-hybridized carbons (Fsp3) is 0.300. The van der Waals surface area contributed by atoms with E-state index in [1.165, 1.54) is 5.56 Å². The van der Waals surface area contributed by atoms with Gasteiger partial charge in [0.2, 0.25) is 0 Å². The van der Waals surface area contributed by atoms with Crippen LogP contribution in [0.4, 0.5) is 0 Å². The van der Waals surface area contributed by atoms with E-state index in [-0.39, 0.29) is 12.1 Å². The molecule has 0 saturated carbocycles. The minimum atomic E-state index is 0.00155. The largest absolute Gasteiger partial charge is 0.467 e. The van der Waals surface area contributed by atoms with Crippen LogP contribution in [0.5, 0.6) is 0 Å². The Labute approximate surface area is 158 Å². The summed E-state index contributed by atoms with van der Waals surface area (Å²) < 4.78 is 7.78. The molecule has 1 saturated heterocycles. The van der Waals surface area contributed by atoms with Gasteiger partial charge in [-0.1, -0.05) is 6.07 Å². The van der Waals surface area contributed by atoms with Crippen molar-refractivity contribution in [3.05, 3.63) is 78.3 Å². The number of nitrogens with zero attached hydrogens (tertiary/aromatic N) is 3. The van der Waals surface area contributed by atoms with E-state index in [0.717, 1.165) is 16.6 Å². The van der Waals surface area contributed by atoms with Crippen LogP contribution in [-0.4, -0.2) is 19.6 Å². The average molecular weight is 366 g/mol. The highest BCUT2D eigenvalue weighted by atomic mass is 32.1. The molecule has 0 unspecified atom stereocenters. The van der Waals surface area contributed by atoms with Crippen molar-refractivity contribution in [3.63, 3.8) is 0 Å². The average Bonchev–Trinajstić information content (AvgIpc) is 3.37. The van der Waals surface area contributed by atoms with Gasteiger partial charge < -0.3 is 19.2 Å². The first-order valence-electron chi connectivity index (χ1n) is 8.81. The van der Waals surface area contributed by atoms with Crippen LogP contribution >= 0.6 is 12.2 Å². The first-order valence-corrected chi connectivity index (χ1v) is 9.22. The number of nitrogens with one attached hydrogen (secondary N) is 1. The Hall–Kier alpha value is -2.60. The van der Waals surface area contributed by atoms with Gasteiger partial charge in [-0.15, -0.1) is 0 Å². The predicted octanol–water partition coefficient (Wildman–Crippen LogP) is 4.23. The Morgan fingerprint density at radius 1 is 1.23 bits per heavy atom. The van der Waals surface area contributed by atoms with Crippen LogP contribution in [0.15, 0.2) is 65.7 Å². The Morgan fingerprint density at radius 2 is 2.12 bits per heavy atom. The summed E-state index contributed by atoms with van der Waals surface area (Å²) in [5.41, 5.74) is 2.20. The molecule has 26 heavy (non-hydrogen) atoms. The molecule has 5 nitrogen and oxygen atoms in total. The summed E-state index contributed by atoms with van der Waals surface area (Å²) in [6.45, 7) is 4.98. The molecule has 0 amide bonds. The summed E-state index contributed by atoms with van der Waals surface area (Å²) in [7, 11) is 0. The zero-order chi connectivity index (χ0) is 18.1. The second kappa shape index (κ2) is 6.96. The first kappa shape index (κ1) is 16.8. The molecular formula is C20H22N4OS. The van der Waals surface area contributed by atoms with E-state index in [0.29, 0.717) is 12.6 Å². The number of aromatic nitrogens is 2. The van der Waals surface area contributed by atoms with Crippen molar-refractivity contribution in [1.82, 2.24) is 19.8 Å². The molecule has 1 N–H and O–H groups in total. The van der Waals surface area contributed by atoms with E-state index in [1.54, 1.807) is 6.26 Å². The number of rotatable bonds is 5. The van der Waals surface area contributed by atoms with Crippen molar-refractivity contribution in [2.45, 2.75) is 38.5 Å². The monoisotopic (exact) mass is 366 g/mol. The molecule has 4 rings (SSSR count). The summed E-state index contributed by atoms with van der Waals surface area (Å²) in [6, 6.07) is 12.5. The molecule has 0 radical (unpaired) electrons. The van der Waals surface area contributed by atoms with E-state index in [1.807, 2.05) is 36.5 Å². The molecule has 4 heterocycles. The minimum absolute atomic E-state index is 0.00155. The van der Waals surface area contributed by atoms with Crippen LogP contribution in [-0.2, 0) is 6.54 Å². The molecule has 3 aromatic rings. The van der Waals surface area contributed by atoms with Gasteiger partial charge >= 0.3 is 0 Å². The van der Waals surface area contributed by atoms with Crippen LogP contribution in [0.1, 0.15) is 49.0 Å². The van der Waals surface area contributed by atoms with Crippen LogP contribution in [0.2, 0.25) is 0 Å². The molecule has 134 valence electrons. The molecule has 1 aliphatic rings. The number of pyridine rings is 1. The highest BCUT2D eigenvalue weighted by Crippen LogP contribution is 2.39. The maximum atomic E-state index is 5.66. The molecule has 2 atom stereocenters. The molecule has 1 aliphatic heterocycles. The number of furan rings is 1. The minimum Gasteiger partial charge on any atom is -0.467 e. The second-order valence-electron chi connectivity index (χ2n) is 6.82. The van der Waals surface area contributed by atoms with Crippen molar-refractivity contribution in [1.29, 1.82) is 0 Å². The van der Waals surface area contributed by atoms with Crippen LogP contribution in [0, 0.1) is 0 Å². The first-order chi connectivity index (χ1) is 12.6. The van der Waals surface area contributed by atoms with Crippen molar-refractivity contribution in [3.8, 4) is 0 Å². The fourth-order valence-electron chi connectivity index (χ4n) is 3.44. The summed E-state index contributed by atoms with van der Waals surface area (Å²) in [6.07, 6.45) is 7.85. The Morgan fingerprint density at radius 3 is 2.77 bits per heavy atom. The topological polar surface area (TPSA) is 46.2 Å². The molecule has 0 aromatic carbocycles. The lowest BCUT2D eigenvalue weighted by molar-refractivity contribution is 0.287. The summed E-state index contributed by atoms with van der Waals surface area (Å²) in [5, 5.41) is 4.19. The van der Waals surface area contributed by atoms with Crippen molar-refractivity contribution in [2.75, 3.05) is 0 Å². The lowest BCUT2D eigenvalue weighted by Crippen LogP contribution is -2.28. The predicted molar refractivity (Wildman–Crippen MR) is 105 cm³/mol. The lowest BCUT2D eigenvalue weighted by Gasteiger charge is -2.26. The standard InChI is InChI=1S/C20H22N4OS/c1-14(2)23-10-8-15(12-23)19-18(17-7-3-4-9-21-17)22-20(26)24(19)13-16-6-5-11-25-16/h3-12,14,18-19H,13H2,1-2H3,(H,22,26)/t18-,19+/m1/s1. The third-order valence-electron chi connectivity index (χ3n) is 4.78. The molecular weight excluding hydrogens is 344 g/mol. The quantitative estimate of drug-likeness (QED) is 0.685. The van der Waals surface area contributed by atoms with Gasteiger partial charge in [0.15, 0.2) is 5.11 Å². The van der Waals surface area contributed by atoms with E-state index >= 15 is 0 Å². The molecule has 0 aliphatic carbocycles. The van der Waals surface area contributed by atoms with Crippen LogP contribution in [0.25, 0.3) is 0 Å². The summed E-state index contributed by atoms with van der Waals surface area (Å²) in [4.78, 5) is 6.75. The van der Waals surface area contributed by atoms with E-state index < -0.39 is 0 Å². The molecule has 1 fully saturated rings. The van der Waals surface area contributed by atoms with Gasteiger partial charge in [-0.25, -0.2) is 0 Å². The SMILES string of the molecule is CC(C)n1ccc([C@H]2[C@@H](c3ccccn3)NC(=S)N2Cc2ccco2)c1. The smallest absolute Gasteiger partial charge is 0.170 e. The van der Waals surface area contributed by atoms with Crippen molar-refractivity contribution < 1.29 is 4.42 Å². The van der Waals surface area contributed by atoms with E-state index in [9.17, 15) is 0 Å². The van der Waals surface area contributed by atoms with Gasteiger partial charge in [0, 0.05) is 24.6 Å². The Bertz CT molecular complexity index is 872. The van der Waals surface area contributed by atoms with Gasteiger partial charge in [-0.3, -0.25) is 4.98 Å². The van der Waals surface area contributed by atoms with Crippen LogP contribution < -0.4 is 5.32 Å². The highest BCUT2D eigenvalue weighted by Gasteiger charge is 2.40. The third kappa shape index (κ3) is 3.12.